The van der Waals surface area contributed by atoms with E-state index in [1.54, 1.807) is 6.07 Å². The summed E-state index contributed by atoms with van der Waals surface area (Å²) in [7, 11) is 0. The van der Waals surface area contributed by atoms with E-state index < -0.39 is 6.10 Å². The van der Waals surface area contributed by atoms with E-state index >= 15 is 0 Å². The highest BCUT2D eigenvalue weighted by molar-refractivity contribution is 5.86. The summed E-state index contributed by atoms with van der Waals surface area (Å²) < 4.78 is 5.51. The Morgan fingerprint density at radius 3 is 2.52 bits per heavy atom. The van der Waals surface area contributed by atoms with Crippen LogP contribution in [0.5, 0.6) is 0 Å². The van der Waals surface area contributed by atoms with Crippen LogP contribution in [0.4, 0.5) is 0 Å². The molecule has 4 aliphatic rings. The van der Waals surface area contributed by atoms with Crippen LogP contribution in [0.25, 0.3) is 0 Å². The van der Waals surface area contributed by atoms with Crippen molar-refractivity contribution in [3.63, 3.8) is 0 Å². The summed E-state index contributed by atoms with van der Waals surface area (Å²) in [5.41, 5.74) is -0.604. The number of Topliss-reactive ketones (excluding diaryl/α,β-unsaturated/α-hetero) is 1. The molecule has 0 aromatic carbocycles. The molecular weight excluding hydrogens is 368 g/mol. The van der Waals surface area contributed by atoms with Crippen molar-refractivity contribution < 1.29 is 19.4 Å². The Morgan fingerprint density at radius 1 is 1.00 bits per heavy atom. The quantitative estimate of drug-likeness (QED) is 0.755. The molecule has 0 bridgehead atoms. The Hall–Kier alpha value is -1.46. The summed E-state index contributed by atoms with van der Waals surface area (Å²) in [5.74, 6) is 1.46. The number of hydrogen-bond donors (Lipinski definition) is 2. The molecule has 5 nitrogen and oxygen atoms in total. The van der Waals surface area contributed by atoms with E-state index in [0.717, 1.165) is 25.7 Å². The van der Waals surface area contributed by atoms with Crippen molar-refractivity contribution in [2.75, 3.05) is 0 Å². The number of fused-ring (bicyclic) bond motifs is 5. The average molecular weight is 401 g/mol. The third kappa shape index (κ3) is 2.73. The highest BCUT2D eigenvalue weighted by Crippen LogP contribution is 2.68. The molecule has 5 heteroatoms. The molecule has 0 aliphatic heterocycles. The van der Waals surface area contributed by atoms with Crippen LogP contribution in [0.1, 0.15) is 70.5 Å². The zero-order valence-electron chi connectivity index (χ0n) is 17.3. The van der Waals surface area contributed by atoms with Gasteiger partial charge in [-0.05, 0) is 73.2 Å². The Labute approximate surface area is 171 Å². The highest BCUT2D eigenvalue weighted by Gasteiger charge is 2.65. The van der Waals surface area contributed by atoms with Crippen molar-refractivity contribution in [3.05, 3.63) is 34.4 Å². The number of aliphatic hydroxyl groups excluding tert-OH is 2. The lowest BCUT2D eigenvalue weighted by molar-refractivity contribution is -0.172. The zero-order chi connectivity index (χ0) is 20.6. The summed E-state index contributed by atoms with van der Waals surface area (Å²) in [4.78, 5) is 25.1. The smallest absolute Gasteiger partial charge is 0.335 e. The van der Waals surface area contributed by atoms with Gasteiger partial charge in [0.05, 0.1) is 12.2 Å². The molecule has 158 valence electrons. The van der Waals surface area contributed by atoms with Crippen molar-refractivity contribution in [1.29, 1.82) is 0 Å². The average Bonchev–Trinajstić information content (AvgIpc) is 2.94. The summed E-state index contributed by atoms with van der Waals surface area (Å²) >= 11 is 0. The van der Waals surface area contributed by atoms with E-state index in [-0.39, 0.29) is 52.0 Å². The number of hydrogen-bond acceptors (Lipinski definition) is 5. The molecule has 1 heterocycles. The Kier molecular flexibility index (Phi) is 4.38. The molecule has 5 rings (SSSR count). The predicted molar refractivity (Wildman–Crippen MR) is 107 cm³/mol. The van der Waals surface area contributed by atoms with Gasteiger partial charge in [0.15, 0.2) is 0 Å². The van der Waals surface area contributed by atoms with Crippen LogP contribution < -0.4 is 5.63 Å². The van der Waals surface area contributed by atoms with E-state index in [0.29, 0.717) is 30.9 Å². The Balaban J connectivity index is 1.51. The first-order valence-electron chi connectivity index (χ1n) is 11.2. The molecule has 0 amide bonds. The van der Waals surface area contributed by atoms with E-state index in [1.165, 1.54) is 6.07 Å². The van der Waals surface area contributed by atoms with Gasteiger partial charge in [-0.3, -0.25) is 4.79 Å². The SMILES string of the molecule is C[C@]12CC[C@H](O)C[C@@H]1[C@@H](O)C[C@H]1[C@H]3C(=O)C[C@H](c4cccc(=O)o4)[C@@]3(C)CC[C@@H]12. The van der Waals surface area contributed by atoms with Gasteiger partial charge in [0, 0.05) is 24.3 Å². The van der Waals surface area contributed by atoms with Gasteiger partial charge in [-0.2, -0.15) is 0 Å². The van der Waals surface area contributed by atoms with Gasteiger partial charge in [-0.15, -0.1) is 0 Å². The second-order valence-corrected chi connectivity index (χ2v) is 10.7. The summed E-state index contributed by atoms with van der Waals surface area (Å²) in [6, 6.07) is 4.97. The van der Waals surface area contributed by atoms with Crippen LogP contribution in [-0.4, -0.2) is 28.2 Å². The van der Waals surface area contributed by atoms with Crippen molar-refractivity contribution in [1.82, 2.24) is 0 Å². The molecule has 9 atom stereocenters. The lowest BCUT2D eigenvalue weighted by Gasteiger charge is -2.61. The van der Waals surface area contributed by atoms with Gasteiger partial charge >= 0.3 is 5.63 Å². The van der Waals surface area contributed by atoms with Crippen molar-refractivity contribution in [2.24, 2.45) is 34.5 Å². The van der Waals surface area contributed by atoms with Gasteiger partial charge in [-0.25, -0.2) is 4.79 Å². The molecule has 0 unspecified atom stereocenters. The number of rotatable bonds is 1. The van der Waals surface area contributed by atoms with Crippen LogP contribution in [0.3, 0.4) is 0 Å². The molecule has 0 radical (unpaired) electrons. The molecule has 4 aliphatic carbocycles. The lowest BCUT2D eigenvalue weighted by atomic mass is 9.44. The molecule has 1 aromatic heterocycles. The van der Waals surface area contributed by atoms with Crippen molar-refractivity contribution in [3.8, 4) is 0 Å². The monoisotopic (exact) mass is 400 g/mol. The van der Waals surface area contributed by atoms with Gasteiger partial charge < -0.3 is 14.6 Å². The van der Waals surface area contributed by atoms with Crippen LogP contribution in [-0.2, 0) is 4.79 Å². The van der Waals surface area contributed by atoms with Gasteiger partial charge in [-0.1, -0.05) is 19.9 Å². The third-order valence-electron chi connectivity index (χ3n) is 9.47. The number of carbonyl (C=O) groups is 1. The second kappa shape index (κ2) is 6.52. The fraction of sp³-hybridized carbons (Fsp3) is 0.750. The standard InChI is InChI=1S/C24H32O5/c1-23-8-6-13(25)10-16(23)18(26)11-14-15(23)7-9-24(2)17(12-19(27)22(14)24)20-4-3-5-21(28)29-20/h3-5,13-18,22,25-26H,6-12H2,1-2H3/t13-,14+,15-,16+,17+,18-,22-,23+,24+/m0/s1. The van der Waals surface area contributed by atoms with Gasteiger partial charge in [0.1, 0.15) is 11.5 Å². The fourth-order valence-electron chi connectivity index (χ4n) is 8.10. The molecule has 29 heavy (non-hydrogen) atoms. The number of aliphatic hydroxyl groups is 2. The second-order valence-electron chi connectivity index (χ2n) is 10.7. The van der Waals surface area contributed by atoms with Crippen LogP contribution in [0.15, 0.2) is 27.4 Å². The molecule has 4 saturated carbocycles. The Bertz CT molecular complexity index is 876. The molecule has 1 aromatic rings. The molecule has 0 spiro atoms. The topological polar surface area (TPSA) is 87.7 Å². The largest absolute Gasteiger partial charge is 0.428 e. The Morgan fingerprint density at radius 2 is 1.76 bits per heavy atom. The normalized spacial score (nSPS) is 49.2. The van der Waals surface area contributed by atoms with E-state index in [4.69, 9.17) is 4.42 Å². The van der Waals surface area contributed by atoms with Crippen LogP contribution >= 0.6 is 0 Å². The molecule has 2 N–H and O–H groups in total. The molecule has 4 fully saturated rings. The maximum Gasteiger partial charge on any atom is 0.335 e. The van der Waals surface area contributed by atoms with Gasteiger partial charge in [0.2, 0.25) is 0 Å². The minimum absolute atomic E-state index is 0.0133. The van der Waals surface area contributed by atoms with E-state index in [9.17, 15) is 19.8 Å². The van der Waals surface area contributed by atoms with Crippen LogP contribution in [0.2, 0.25) is 0 Å². The summed E-state index contributed by atoms with van der Waals surface area (Å²) in [5, 5.41) is 21.2. The van der Waals surface area contributed by atoms with Crippen LogP contribution in [0, 0.1) is 34.5 Å². The van der Waals surface area contributed by atoms with E-state index in [2.05, 4.69) is 13.8 Å². The van der Waals surface area contributed by atoms with Gasteiger partial charge in [0.25, 0.3) is 0 Å². The van der Waals surface area contributed by atoms with E-state index in [1.807, 2.05) is 6.07 Å². The lowest BCUT2D eigenvalue weighted by Crippen LogP contribution is -2.58. The van der Waals surface area contributed by atoms with Crippen molar-refractivity contribution >= 4 is 5.78 Å². The fourth-order valence-corrected chi connectivity index (χ4v) is 8.10. The minimum atomic E-state index is -0.458. The maximum atomic E-state index is 13.3. The highest BCUT2D eigenvalue weighted by atomic mass is 16.4. The first kappa shape index (κ1) is 19.5. The summed E-state index contributed by atoms with van der Waals surface area (Å²) in [6.45, 7) is 4.49. The minimum Gasteiger partial charge on any atom is -0.428 e. The predicted octanol–water partition coefficient (Wildman–Crippen LogP) is 3.28. The number of carbonyl (C=O) groups excluding carboxylic acids is 1. The molecular formula is C24H32O5. The van der Waals surface area contributed by atoms with Crippen molar-refractivity contribution in [2.45, 2.75) is 76.9 Å². The summed E-state index contributed by atoms with van der Waals surface area (Å²) in [6.07, 6.45) is 4.66. The maximum absolute atomic E-state index is 13.3. The molecule has 0 saturated heterocycles. The first-order valence-corrected chi connectivity index (χ1v) is 11.2. The number of ketones is 1. The third-order valence-corrected chi connectivity index (χ3v) is 9.47. The zero-order valence-corrected chi connectivity index (χ0v) is 17.3. The first-order chi connectivity index (χ1) is 13.7.